The Balaban J connectivity index is 1.61. The minimum Gasteiger partial charge on any atom is -0.492 e. The average Bonchev–Trinajstić information content (AvgIpc) is 2.81. The van der Waals surface area contributed by atoms with E-state index in [1.54, 1.807) is 18.2 Å². The smallest absolute Gasteiger partial charge is 0.261 e. The van der Waals surface area contributed by atoms with Crippen LogP contribution in [-0.4, -0.2) is 66.1 Å². The largest absolute Gasteiger partial charge is 0.492 e. The molecule has 0 aliphatic carbocycles. The van der Waals surface area contributed by atoms with E-state index in [9.17, 15) is 9.59 Å². The van der Waals surface area contributed by atoms with Gasteiger partial charge in [-0.05, 0) is 44.1 Å². The van der Waals surface area contributed by atoms with Crippen molar-refractivity contribution in [1.82, 2.24) is 9.80 Å². The zero-order valence-electron chi connectivity index (χ0n) is 13.2. The molecule has 0 bridgehead atoms. The predicted molar refractivity (Wildman–Crippen MR) is 84.7 cm³/mol. The summed E-state index contributed by atoms with van der Waals surface area (Å²) < 4.78 is 5.74. The fourth-order valence-electron chi connectivity index (χ4n) is 3.14. The summed E-state index contributed by atoms with van der Waals surface area (Å²) in [6.45, 7) is 3.48. The number of aliphatic hydroxyl groups is 1. The lowest BCUT2D eigenvalue weighted by atomic mass is 10.1. The van der Waals surface area contributed by atoms with Crippen LogP contribution in [0, 0.1) is 0 Å². The van der Waals surface area contributed by atoms with Crippen molar-refractivity contribution in [2.75, 3.05) is 39.4 Å². The molecule has 2 heterocycles. The maximum Gasteiger partial charge on any atom is 0.261 e. The number of carbonyl (C=O) groups is 2. The maximum absolute atomic E-state index is 12.2. The molecular weight excluding hydrogens is 296 g/mol. The number of hydrogen-bond donors (Lipinski definition) is 1. The van der Waals surface area contributed by atoms with Crippen LogP contribution >= 0.6 is 0 Å². The van der Waals surface area contributed by atoms with Crippen LogP contribution in [0.2, 0.25) is 0 Å². The van der Waals surface area contributed by atoms with Crippen LogP contribution in [-0.2, 0) is 0 Å². The molecule has 0 unspecified atom stereocenters. The van der Waals surface area contributed by atoms with Crippen molar-refractivity contribution in [3.63, 3.8) is 0 Å². The highest BCUT2D eigenvalue weighted by Gasteiger charge is 2.35. The molecule has 6 nitrogen and oxygen atoms in total. The number of aliphatic hydroxyl groups excluding tert-OH is 1. The highest BCUT2D eigenvalue weighted by atomic mass is 16.5. The summed E-state index contributed by atoms with van der Waals surface area (Å²) in [5.74, 6) is -0.104. The Labute approximate surface area is 135 Å². The second kappa shape index (κ2) is 7.10. The lowest BCUT2D eigenvalue weighted by Crippen LogP contribution is -2.33. The van der Waals surface area contributed by atoms with Gasteiger partial charge in [-0.25, -0.2) is 0 Å². The van der Waals surface area contributed by atoms with Gasteiger partial charge in [-0.15, -0.1) is 0 Å². The third-order valence-corrected chi connectivity index (χ3v) is 4.39. The Morgan fingerprint density at radius 1 is 1.00 bits per heavy atom. The summed E-state index contributed by atoms with van der Waals surface area (Å²) in [7, 11) is 0. The Morgan fingerprint density at radius 2 is 1.74 bits per heavy atom. The number of hydrogen-bond acceptors (Lipinski definition) is 5. The molecule has 0 aromatic heterocycles. The van der Waals surface area contributed by atoms with Crippen LogP contribution in [0.4, 0.5) is 0 Å². The molecule has 0 saturated carbocycles. The second-order valence-corrected chi connectivity index (χ2v) is 5.94. The molecule has 0 atom stereocenters. The van der Waals surface area contributed by atoms with E-state index in [-0.39, 0.29) is 25.0 Å². The molecule has 1 aromatic carbocycles. The molecule has 6 heteroatoms. The van der Waals surface area contributed by atoms with E-state index in [1.165, 1.54) is 19.3 Å². The standard InChI is InChI=1S/C17H22N2O4/c20-10-8-19-16(21)14-5-4-13(12-15(14)17(19)22)23-11-9-18-6-2-1-3-7-18/h4-5,12,20H,1-3,6-11H2. The van der Waals surface area contributed by atoms with E-state index in [1.807, 2.05) is 0 Å². The molecule has 2 aliphatic heterocycles. The van der Waals surface area contributed by atoms with Crippen molar-refractivity contribution in [1.29, 1.82) is 0 Å². The maximum atomic E-state index is 12.2. The molecule has 1 N–H and O–H groups in total. The lowest BCUT2D eigenvalue weighted by molar-refractivity contribution is 0.0624. The Hall–Kier alpha value is -1.92. The summed E-state index contributed by atoms with van der Waals surface area (Å²) in [5, 5.41) is 8.96. The van der Waals surface area contributed by atoms with Gasteiger partial charge in [0.05, 0.1) is 24.3 Å². The number of amides is 2. The highest BCUT2D eigenvalue weighted by molar-refractivity contribution is 6.21. The predicted octanol–water partition coefficient (Wildman–Crippen LogP) is 1.14. The van der Waals surface area contributed by atoms with Gasteiger partial charge >= 0.3 is 0 Å². The van der Waals surface area contributed by atoms with Crippen molar-refractivity contribution < 1.29 is 19.4 Å². The normalized spacial score (nSPS) is 18.4. The van der Waals surface area contributed by atoms with Crippen LogP contribution in [0.1, 0.15) is 40.0 Å². The summed E-state index contributed by atoms with van der Waals surface area (Å²) in [6, 6.07) is 4.98. The molecule has 3 rings (SSSR count). The Kier molecular flexibility index (Phi) is 4.93. The molecular formula is C17H22N2O4. The van der Waals surface area contributed by atoms with E-state index in [2.05, 4.69) is 4.90 Å². The zero-order valence-corrected chi connectivity index (χ0v) is 13.2. The number of imide groups is 1. The minimum atomic E-state index is -0.361. The van der Waals surface area contributed by atoms with Gasteiger partial charge in [0.2, 0.25) is 0 Å². The summed E-state index contributed by atoms with van der Waals surface area (Å²) in [4.78, 5) is 27.7. The third kappa shape index (κ3) is 3.38. The van der Waals surface area contributed by atoms with E-state index in [0.29, 0.717) is 23.5 Å². The van der Waals surface area contributed by atoms with Crippen LogP contribution in [0.25, 0.3) is 0 Å². The van der Waals surface area contributed by atoms with Gasteiger partial charge in [-0.2, -0.15) is 0 Å². The number of nitrogens with zero attached hydrogens (tertiary/aromatic N) is 2. The first-order chi connectivity index (χ1) is 11.2. The number of ether oxygens (including phenoxy) is 1. The summed E-state index contributed by atoms with van der Waals surface area (Å²) in [6.07, 6.45) is 3.80. The van der Waals surface area contributed by atoms with Crippen molar-refractivity contribution in [3.8, 4) is 5.75 Å². The SMILES string of the molecule is O=C1c2ccc(OCCN3CCCCC3)cc2C(=O)N1CCO. The summed E-state index contributed by atoms with van der Waals surface area (Å²) in [5.41, 5.74) is 0.741. The van der Waals surface area contributed by atoms with Gasteiger partial charge in [-0.3, -0.25) is 19.4 Å². The van der Waals surface area contributed by atoms with Crippen molar-refractivity contribution in [2.45, 2.75) is 19.3 Å². The van der Waals surface area contributed by atoms with Crippen LogP contribution in [0.3, 0.4) is 0 Å². The number of rotatable bonds is 6. The van der Waals surface area contributed by atoms with Crippen LogP contribution in [0.15, 0.2) is 18.2 Å². The van der Waals surface area contributed by atoms with Crippen molar-refractivity contribution >= 4 is 11.8 Å². The first kappa shape index (κ1) is 16.0. The van der Waals surface area contributed by atoms with E-state index < -0.39 is 0 Å². The fourth-order valence-corrected chi connectivity index (χ4v) is 3.14. The van der Waals surface area contributed by atoms with Crippen LogP contribution < -0.4 is 4.74 Å². The monoisotopic (exact) mass is 318 g/mol. The lowest BCUT2D eigenvalue weighted by Gasteiger charge is -2.26. The zero-order chi connectivity index (χ0) is 16.2. The molecule has 23 heavy (non-hydrogen) atoms. The van der Waals surface area contributed by atoms with Gasteiger partial charge < -0.3 is 9.84 Å². The first-order valence-electron chi connectivity index (χ1n) is 8.17. The Morgan fingerprint density at radius 3 is 2.48 bits per heavy atom. The molecule has 124 valence electrons. The number of piperidine rings is 1. The average molecular weight is 318 g/mol. The van der Waals surface area contributed by atoms with E-state index in [0.717, 1.165) is 24.5 Å². The minimum absolute atomic E-state index is 0.0253. The quantitative estimate of drug-likeness (QED) is 0.797. The molecule has 1 saturated heterocycles. The van der Waals surface area contributed by atoms with Gasteiger partial charge in [0.15, 0.2) is 0 Å². The number of likely N-dealkylation sites (tertiary alicyclic amines) is 1. The first-order valence-corrected chi connectivity index (χ1v) is 8.17. The van der Waals surface area contributed by atoms with Gasteiger partial charge in [0, 0.05) is 6.54 Å². The number of benzene rings is 1. The molecule has 0 radical (unpaired) electrons. The van der Waals surface area contributed by atoms with Gasteiger partial charge in [0.1, 0.15) is 12.4 Å². The number of fused-ring (bicyclic) bond motifs is 1. The molecule has 1 fully saturated rings. The molecule has 1 aromatic rings. The second-order valence-electron chi connectivity index (χ2n) is 5.94. The molecule has 2 aliphatic rings. The molecule has 0 spiro atoms. The fraction of sp³-hybridized carbons (Fsp3) is 0.529. The summed E-state index contributed by atoms with van der Waals surface area (Å²) >= 11 is 0. The molecule has 2 amide bonds. The van der Waals surface area contributed by atoms with Crippen LogP contribution in [0.5, 0.6) is 5.75 Å². The van der Waals surface area contributed by atoms with Gasteiger partial charge in [0.25, 0.3) is 11.8 Å². The van der Waals surface area contributed by atoms with Gasteiger partial charge in [-0.1, -0.05) is 6.42 Å². The number of β-amino-alcohol motifs (C(OH)–C–C–N with tert-alkyl or cyclic N) is 1. The highest BCUT2D eigenvalue weighted by Crippen LogP contribution is 2.26. The van der Waals surface area contributed by atoms with Crippen molar-refractivity contribution in [2.24, 2.45) is 0 Å². The topological polar surface area (TPSA) is 70.1 Å². The Bertz CT molecular complexity index is 596. The third-order valence-electron chi connectivity index (χ3n) is 4.39. The van der Waals surface area contributed by atoms with E-state index >= 15 is 0 Å². The number of carbonyl (C=O) groups excluding carboxylic acids is 2. The van der Waals surface area contributed by atoms with E-state index in [4.69, 9.17) is 9.84 Å². The van der Waals surface area contributed by atoms with Crippen molar-refractivity contribution in [3.05, 3.63) is 29.3 Å².